The fourth-order valence-corrected chi connectivity index (χ4v) is 12.1. The predicted molar refractivity (Wildman–Crippen MR) is 370 cm³/mol. The van der Waals surface area contributed by atoms with Gasteiger partial charge in [-0.25, -0.2) is 0 Å². The fourth-order valence-electron chi connectivity index (χ4n) is 12.1. The Bertz CT molecular complexity index is 1360. The average molecular weight is 1180 g/mol. The van der Waals surface area contributed by atoms with Gasteiger partial charge in [0.1, 0.15) is 0 Å². The van der Waals surface area contributed by atoms with Gasteiger partial charge in [0.25, 0.3) is 0 Å². The van der Waals surface area contributed by atoms with E-state index in [-0.39, 0.29) is 18.5 Å². The van der Waals surface area contributed by atoms with Crippen LogP contribution in [0.2, 0.25) is 0 Å². The smallest absolute Gasteiger partial charge is 0.305 e. The summed E-state index contributed by atoms with van der Waals surface area (Å²) in [5, 5.41) is 23.3. The van der Waals surface area contributed by atoms with E-state index in [9.17, 15) is 19.8 Å². The molecular formula is C78H149NO5. The van der Waals surface area contributed by atoms with Crippen molar-refractivity contribution < 1.29 is 24.5 Å². The summed E-state index contributed by atoms with van der Waals surface area (Å²) >= 11 is 0. The minimum Gasteiger partial charge on any atom is -0.466 e. The van der Waals surface area contributed by atoms with Crippen LogP contribution in [0.3, 0.4) is 0 Å². The molecule has 0 saturated carbocycles. The van der Waals surface area contributed by atoms with Crippen molar-refractivity contribution in [1.29, 1.82) is 0 Å². The van der Waals surface area contributed by atoms with Gasteiger partial charge in [-0.3, -0.25) is 9.59 Å². The second-order valence-corrected chi connectivity index (χ2v) is 26.3. The Morgan fingerprint density at radius 1 is 0.333 bits per heavy atom. The molecule has 3 N–H and O–H groups in total. The fraction of sp³-hybridized carbons (Fsp3) is 0.897. The number of hydrogen-bond donors (Lipinski definition) is 3. The van der Waals surface area contributed by atoms with Gasteiger partial charge in [0, 0.05) is 12.8 Å². The third-order valence-electron chi connectivity index (χ3n) is 17.9. The maximum absolute atomic E-state index is 12.5. The SMILES string of the molecule is CCCCC/C=C\C/C=C\CCCCCCCCCCCC(=O)OCCCCCCCCCCCCCCCCCCCCCCCCCCCCCCCC(=O)NC(CO)C(O)/C=C/CCCCCCCCCCCCCCCCCCC. The zero-order valence-electron chi connectivity index (χ0n) is 56.9. The van der Waals surface area contributed by atoms with Crippen molar-refractivity contribution in [3.05, 3.63) is 36.5 Å². The number of ether oxygens (including phenoxy) is 1. The van der Waals surface area contributed by atoms with Crippen molar-refractivity contribution >= 4 is 11.9 Å². The molecule has 0 spiro atoms. The summed E-state index contributed by atoms with van der Waals surface area (Å²) in [5.74, 6) is -0.0445. The highest BCUT2D eigenvalue weighted by atomic mass is 16.5. The molecule has 84 heavy (non-hydrogen) atoms. The number of nitrogens with one attached hydrogen (secondary N) is 1. The summed E-state index contributed by atoms with van der Waals surface area (Å²) in [7, 11) is 0. The molecule has 0 aliphatic heterocycles. The molecule has 1 amide bonds. The largest absolute Gasteiger partial charge is 0.466 e. The Balaban J connectivity index is 3.35. The van der Waals surface area contributed by atoms with Crippen LogP contribution >= 0.6 is 0 Å². The van der Waals surface area contributed by atoms with Crippen LogP contribution in [0.1, 0.15) is 425 Å². The van der Waals surface area contributed by atoms with Gasteiger partial charge in [0.2, 0.25) is 5.91 Å². The first kappa shape index (κ1) is 82.1. The first-order chi connectivity index (χ1) is 41.5. The highest BCUT2D eigenvalue weighted by Gasteiger charge is 2.18. The molecule has 2 unspecified atom stereocenters. The number of esters is 1. The summed E-state index contributed by atoms with van der Waals surface area (Å²) in [6.45, 7) is 4.92. The molecule has 0 aromatic rings. The number of aliphatic hydroxyl groups excluding tert-OH is 2. The van der Waals surface area contributed by atoms with Crippen LogP contribution in [0.5, 0.6) is 0 Å². The van der Waals surface area contributed by atoms with Crippen molar-refractivity contribution in [2.45, 2.75) is 437 Å². The lowest BCUT2D eigenvalue weighted by Gasteiger charge is -2.20. The van der Waals surface area contributed by atoms with E-state index >= 15 is 0 Å². The number of rotatable bonds is 72. The standard InChI is InChI=1S/C78H149NO5/c1-3-5-7-9-11-13-15-17-19-21-34-38-42-46-50-54-58-62-66-70-76(81)75(74-80)79-77(82)71-67-63-59-55-51-47-43-39-36-32-30-28-26-24-23-25-27-29-31-33-37-41-45-49-53-57-61-65-69-73-84-78(83)72-68-64-60-56-52-48-44-40-35-22-20-18-16-14-12-10-8-6-4-2/h12,14,18,20,66,70,75-76,80-81H,3-11,13,15-17,19,21-65,67-69,71-74H2,1-2H3,(H,79,82)/b14-12-,20-18-,70-66+. The minimum atomic E-state index is -0.843. The Kier molecular flexibility index (Phi) is 71.9. The van der Waals surface area contributed by atoms with Crippen molar-refractivity contribution in [2.75, 3.05) is 13.2 Å². The van der Waals surface area contributed by atoms with E-state index in [0.717, 1.165) is 51.4 Å². The molecule has 0 bridgehead atoms. The second kappa shape index (κ2) is 73.5. The Morgan fingerprint density at radius 2 is 0.595 bits per heavy atom. The molecule has 0 aliphatic rings. The molecule has 0 fully saturated rings. The Hall–Kier alpha value is -1.92. The molecule has 496 valence electrons. The van der Waals surface area contributed by atoms with Gasteiger partial charge in [0.05, 0.1) is 25.4 Å². The lowest BCUT2D eigenvalue weighted by atomic mass is 10.0. The van der Waals surface area contributed by atoms with Crippen LogP contribution in [0.4, 0.5) is 0 Å². The van der Waals surface area contributed by atoms with Gasteiger partial charge < -0.3 is 20.3 Å². The van der Waals surface area contributed by atoms with Crippen LogP contribution in [-0.2, 0) is 14.3 Å². The molecule has 0 aliphatic carbocycles. The quantitative estimate of drug-likeness (QED) is 0.0320. The lowest BCUT2D eigenvalue weighted by Crippen LogP contribution is -2.45. The predicted octanol–water partition coefficient (Wildman–Crippen LogP) is 25.0. The van der Waals surface area contributed by atoms with Crippen molar-refractivity contribution in [3.8, 4) is 0 Å². The van der Waals surface area contributed by atoms with Crippen molar-refractivity contribution in [3.63, 3.8) is 0 Å². The number of amides is 1. The highest BCUT2D eigenvalue weighted by Crippen LogP contribution is 2.19. The molecule has 0 aromatic heterocycles. The first-order valence-electron chi connectivity index (χ1n) is 38.3. The molecule has 0 aromatic carbocycles. The molecule has 2 atom stereocenters. The van der Waals surface area contributed by atoms with Gasteiger partial charge in [-0.05, 0) is 64.2 Å². The second-order valence-electron chi connectivity index (χ2n) is 26.3. The summed E-state index contributed by atoms with van der Waals surface area (Å²) in [6.07, 6.45) is 95.3. The highest BCUT2D eigenvalue weighted by molar-refractivity contribution is 5.76. The number of allylic oxidation sites excluding steroid dienone is 5. The van der Waals surface area contributed by atoms with Crippen molar-refractivity contribution in [2.24, 2.45) is 0 Å². The van der Waals surface area contributed by atoms with E-state index in [0.29, 0.717) is 19.4 Å². The van der Waals surface area contributed by atoms with Crippen LogP contribution in [0.25, 0.3) is 0 Å². The Labute approximate surface area is 525 Å². The van der Waals surface area contributed by atoms with E-state index in [1.165, 1.54) is 347 Å². The molecular weight excluding hydrogens is 1030 g/mol. The van der Waals surface area contributed by atoms with Gasteiger partial charge in [-0.2, -0.15) is 0 Å². The maximum Gasteiger partial charge on any atom is 0.305 e. The van der Waals surface area contributed by atoms with E-state index in [1.807, 2.05) is 6.08 Å². The third-order valence-corrected chi connectivity index (χ3v) is 17.9. The van der Waals surface area contributed by atoms with Gasteiger partial charge in [0.15, 0.2) is 0 Å². The molecule has 0 rings (SSSR count). The van der Waals surface area contributed by atoms with Gasteiger partial charge in [-0.1, -0.05) is 384 Å². The molecule has 6 nitrogen and oxygen atoms in total. The maximum atomic E-state index is 12.5. The third kappa shape index (κ3) is 69.2. The number of carbonyl (C=O) groups is 2. The van der Waals surface area contributed by atoms with E-state index in [2.05, 4.69) is 43.5 Å². The summed E-state index contributed by atoms with van der Waals surface area (Å²) in [6, 6.07) is -0.626. The number of unbranched alkanes of at least 4 members (excludes halogenated alkanes) is 57. The van der Waals surface area contributed by atoms with Crippen LogP contribution in [0, 0.1) is 0 Å². The van der Waals surface area contributed by atoms with Crippen LogP contribution < -0.4 is 5.32 Å². The van der Waals surface area contributed by atoms with E-state index in [4.69, 9.17) is 4.74 Å². The number of hydrogen-bond acceptors (Lipinski definition) is 5. The van der Waals surface area contributed by atoms with Crippen molar-refractivity contribution in [1.82, 2.24) is 5.32 Å². The van der Waals surface area contributed by atoms with E-state index in [1.54, 1.807) is 6.08 Å². The number of aliphatic hydroxyl groups is 2. The first-order valence-corrected chi connectivity index (χ1v) is 38.3. The number of carbonyl (C=O) groups excluding carboxylic acids is 2. The minimum absolute atomic E-state index is 0.0161. The average Bonchev–Trinajstić information content (AvgIpc) is 3.51. The normalized spacial score (nSPS) is 12.7. The molecule has 0 heterocycles. The van der Waals surface area contributed by atoms with Gasteiger partial charge in [-0.15, -0.1) is 0 Å². The zero-order valence-corrected chi connectivity index (χ0v) is 56.9. The van der Waals surface area contributed by atoms with Gasteiger partial charge >= 0.3 is 5.97 Å². The Morgan fingerprint density at radius 3 is 0.929 bits per heavy atom. The van der Waals surface area contributed by atoms with Crippen LogP contribution in [-0.4, -0.2) is 47.4 Å². The van der Waals surface area contributed by atoms with Crippen LogP contribution in [0.15, 0.2) is 36.5 Å². The molecule has 6 heteroatoms. The summed E-state index contributed by atoms with van der Waals surface area (Å²) in [4.78, 5) is 24.7. The summed E-state index contributed by atoms with van der Waals surface area (Å²) < 4.78 is 5.51. The topological polar surface area (TPSA) is 95.9 Å². The summed E-state index contributed by atoms with van der Waals surface area (Å²) in [5.41, 5.74) is 0. The zero-order chi connectivity index (χ0) is 60.6. The molecule has 0 saturated heterocycles. The van der Waals surface area contributed by atoms with E-state index < -0.39 is 12.1 Å². The molecule has 0 radical (unpaired) electrons. The monoisotopic (exact) mass is 1180 g/mol. The lowest BCUT2D eigenvalue weighted by molar-refractivity contribution is -0.143.